The van der Waals surface area contributed by atoms with Crippen LogP contribution in [0.25, 0.3) is 43.1 Å². The molecular weight excluding hydrogens is 1640 g/mol. The van der Waals surface area contributed by atoms with Crippen molar-refractivity contribution in [3.8, 4) is 46.0 Å². The molecule has 0 fully saturated rings. The van der Waals surface area contributed by atoms with Crippen LogP contribution in [0.1, 0.15) is 63.7 Å². The summed E-state index contributed by atoms with van der Waals surface area (Å²) in [6.45, 7) is 11.9. The Morgan fingerprint density at radius 2 is 0.484 bits per heavy atom. The predicted molar refractivity (Wildman–Crippen MR) is 463 cm³/mol. The number of hydrogen-bond donors (Lipinski definition) is 0. The second-order valence-corrected chi connectivity index (χ2v) is 29.9. The largest absolute Gasteiger partial charge is 0.461 e. The zero-order chi connectivity index (χ0) is 85.6. The lowest BCUT2D eigenvalue weighted by atomic mass is 9.80. The number of halogens is 4. The standard InChI is InChI=1S/C96H68Cl4N4O18/c1-55(97)93(111)115-45-41-59-25-33-67(34-26-59)119-75-49-71-81-72(90(108)101(89(71)107)53-79(105)103(63-17-9-5-10-18-63)64-19-11-6-12-20-64)51-77(121-69-37-29-61(30-38-69)43-47-117-95(113)57(3)99)85-86-78(122-70-39-31-62(32-40-70)44-48-118-96(114)58(4)100)52-74-82-73(91(109)102(92(74)110)54-80(106)104(65-21-13-7-14-22-65)66-23-15-8-16-24-66)50-76(84(88(82)86)83(75)87(81)85)120-68-35-27-60(28-36-68)42-46-116-94(112)56(2)98/h5-40,49-52H,1-4,41-48,53-54H2. The molecule has 0 aromatic heterocycles. The van der Waals surface area contributed by atoms with Gasteiger partial charge in [0.15, 0.2) is 0 Å². The lowest BCUT2D eigenvalue weighted by Crippen LogP contribution is -2.46. The lowest BCUT2D eigenvalue weighted by Gasteiger charge is -2.33. The smallest absolute Gasteiger partial charge is 0.349 e. The molecule has 0 bridgehead atoms. The third kappa shape index (κ3) is 17.4. The second-order valence-electron chi connectivity index (χ2n) is 28.0. The summed E-state index contributed by atoms with van der Waals surface area (Å²) < 4.78 is 50.3. The topological polar surface area (TPSA) is 258 Å². The van der Waals surface area contributed by atoms with Crippen LogP contribution in [0.15, 0.2) is 289 Å². The van der Waals surface area contributed by atoms with Gasteiger partial charge < -0.3 is 37.9 Å². The highest BCUT2D eigenvalue weighted by Crippen LogP contribution is 2.58. The summed E-state index contributed by atoms with van der Waals surface area (Å²) in [7, 11) is 0. The average Bonchev–Trinajstić information content (AvgIpc) is 0.670. The summed E-state index contributed by atoms with van der Waals surface area (Å²) in [5.74, 6) is -8.15. The number of hydrogen-bond acceptors (Lipinski definition) is 18. The van der Waals surface area contributed by atoms with Crippen molar-refractivity contribution in [3.63, 3.8) is 0 Å². The number of carbonyl (C=O) groups is 10. The van der Waals surface area contributed by atoms with E-state index in [0.29, 0.717) is 45.0 Å². The Balaban J connectivity index is 1.02. The first-order valence-electron chi connectivity index (χ1n) is 38.0. The molecule has 0 saturated heterocycles. The minimum atomic E-state index is -0.938. The van der Waals surface area contributed by atoms with Gasteiger partial charge in [0.05, 0.1) is 48.7 Å². The number of benzene rings is 13. The van der Waals surface area contributed by atoms with Gasteiger partial charge in [0.1, 0.15) is 79.2 Å². The minimum absolute atomic E-state index is 0.0187. The van der Waals surface area contributed by atoms with E-state index in [4.69, 9.17) is 84.3 Å². The molecule has 0 N–H and O–H groups in total. The minimum Gasteiger partial charge on any atom is -0.461 e. The SMILES string of the molecule is C=C(Cl)C(=O)OCCc1ccc(Oc2cc3c4c(cc(Oc5ccc(CCOC(=O)C(=C)Cl)cc5)c5c6c(Oc7ccc(CCOC(=O)C(=C)Cl)cc7)cc7c8c(cc(Oc9ccc(CCOC(=O)C(=C)Cl)cc9)c(c2c45)c86)C(=O)N(CC(=O)N(c2ccccc2)c2ccccc2)C7=O)C(=O)N(CC(=O)N(c2ccccc2)c2ccccc2)C3=O)cc1. The fourth-order valence-electron chi connectivity index (χ4n) is 14.6. The van der Waals surface area contributed by atoms with Gasteiger partial charge in [0.25, 0.3) is 35.4 Å². The summed E-state index contributed by atoms with van der Waals surface area (Å²) in [4.78, 5) is 151. The van der Waals surface area contributed by atoms with Crippen LogP contribution in [-0.2, 0) is 73.4 Å². The number of nitrogens with zero attached hydrogens (tertiary/aromatic N) is 4. The number of ether oxygens (including phenoxy) is 8. The summed E-state index contributed by atoms with van der Waals surface area (Å²) in [6.07, 6.45) is 0.851. The molecular formula is C96H68Cl4N4O18. The summed E-state index contributed by atoms with van der Waals surface area (Å²) >= 11 is 23.4. The summed E-state index contributed by atoms with van der Waals surface area (Å²) in [5, 5.41) is -0.652. The van der Waals surface area contributed by atoms with Gasteiger partial charge in [-0.25, -0.2) is 19.2 Å². The van der Waals surface area contributed by atoms with E-state index in [1.54, 1.807) is 218 Å². The van der Waals surface area contributed by atoms with Crippen LogP contribution in [0, 0.1) is 0 Å². The van der Waals surface area contributed by atoms with Crippen LogP contribution in [0.4, 0.5) is 22.7 Å². The fraction of sp³-hybridized carbons (Fsp3) is 0.104. The van der Waals surface area contributed by atoms with Gasteiger partial charge in [-0.15, -0.1) is 0 Å². The van der Waals surface area contributed by atoms with E-state index in [1.807, 2.05) is 0 Å². The molecule has 0 radical (unpaired) electrons. The van der Waals surface area contributed by atoms with E-state index in [9.17, 15) is 19.2 Å². The molecule has 122 heavy (non-hydrogen) atoms. The van der Waals surface area contributed by atoms with Crippen molar-refractivity contribution in [2.45, 2.75) is 25.7 Å². The van der Waals surface area contributed by atoms with Crippen molar-refractivity contribution in [1.29, 1.82) is 0 Å². The first-order chi connectivity index (χ1) is 59.0. The van der Waals surface area contributed by atoms with Gasteiger partial charge in [-0.3, -0.25) is 48.4 Å². The molecule has 13 aromatic carbocycles. The van der Waals surface area contributed by atoms with Gasteiger partial charge in [-0.2, -0.15) is 0 Å². The molecule has 0 unspecified atom stereocenters. The van der Waals surface area contributed by atoms with Crippen molar-refractivity contribution in [2.75, 3.05) is 49.3 Å². The first-order valence-corrected chi connectivity index (χ1v) is 39.6. The van der Waals surface area contributed by atoms with E-state index < -0.39 is 72.4 Å². The number of fused-ring (bicyclic) bond motifs is 2. The van der Waals surface area contributed by atoms with Crippen LogP contribution in [0.2, 0.25) is 0 Å². The Morgan fingerprint density at radius 1 is 0.279 bits per heavy atom. The van der Waals surface area contributed by atoms with Gasteiger partial charge in [-0.1, -0.05) is 194 Å². The Hall–Kier alpha value is -14.4. The summed E-state index contributed by atoms with van der Waals surface area (Å²) in [5.41, 5.74) is 3.78. The Labute approximate surface area is 717 Å². The zero-order valence-electron chi connectivity index (χ0n) is 64.6. The lowest BCUT2D eigenvalue weighted by molar-refractivity contribution is -0.139. The molecule has 22 nitrogen and oxygen atoms in total. The fourth-order valence-corrected chi connectivity index (χ4v) is 14.8. The van der Waals surface area contributed by atoms with Gasteiger partial charge in [0, 0.05) is 91.5 Å². The highest BCUT2D eigenvalue weighted by atomic mass is 35.5. The maximum atomic E-state index is 16.4. The Bertz CT molecular complexity index is 5680. The van der Waals surface area contributed by atoms with Gasteiger partial charge in [0.2, 0.25) is 0 Å². The molecule has 2 heterocycles. The highest BCUT2D eigenvalue weighted by Gasteiger charge is 2.44. The van der Waals surface area contributed by atoms with Crippen LogP contribution in [0.5, 0.6) is 46.0 Å². The number of rotatable bonds is 32. The quantitative estimate of drug-likeness (QED) is 0.00947. The normalized spacial score (nSPS) is 12.1. The third-order valence-electron chi connectivity index (χ3n) is 20.2. The van der Waals surface area contributed by atoms with E-state index in [-0.39, 0.29) is 184 Å². The summed E-state index contributed by atoms with van der Waals surface area (Å²) in [6, 6.07) is 67.4. The zero-order valence-corrected chi connectivity index (χ0v) is 67.7. The van der Waals surface area contributed by atoms with Crippen molar-refractivity contribution >= 4 is 172 Å². The van der Waals surface area contributed by atoms with Crippen LogP contribution < -0.4 is 28.7 Å². The number of esters is 4. The molecule has 13 aromatic rings. The van der Waals surface area contributed by atoms with Crippen LogP contribution >= 0.6 is 46.4 Å². The third-order valence-corrected chi connectivity index (χ3v) is 20.8. The van der Waals surface area contributed by atoms with E-state index in [1.165, 1.54) is 34.1 Å². The molecule has 0 aliphatic carbocycles. The highest BCUT2D eigenvalue weighted by molar-refractivity contribution is 6.46. The molecule has 2 aliphatic heterocycles. The molecule has 6 amide bonds. The number of anilines is 4. The maximum absolute atomic E-state index is 16.4. The van der Waals surface area contributed by atoms with Crippen molar-refractivity contribution in [2.24, 2.45) is 0 Å². The molecule has 0 saturated carbocycles. The first kappa shape index (κ1) is 82.7. The molecule has 0 atom stereocenters. The number of amides is 6. The number of para-hydroxylation sites is 4. The second kappa shape index (κ2) is 36.0. The molecule has 0 spiro atoms. The van der Waals surface area contributed by atoms with Gasteiger partial charge in [-0.05, 0) is 144 Å². The molecule has 26 heteroatoms. The van der Waals surface area contributed by atoms with E-state index in [2.05, 4.69) is 26.3 Å². The number of imide groups is 2. The van der Waals surface area contributed by atoms with Crippen LogP contribution in [0.3, 0.4) is 0 Å². The Morgan fingerprint density at radius 3 is 0.680 bits per heavy atom. The molecule has 2 aliphatic rings. The predicted octanol–water partition coefficient (Wildman–Crippen LogP) is 20.2. The number of carbonyl (C=O) groups excluding carboxylic acids is 10. The van der Waals surface area contributed by atoms with Crippen LogP contribution in [-0.4, -0.2) is 109 Å². The maximum Gasteiger partial charge on any atom is 0.349 e. The average molecular weight is 1710 g/mol. The molecule has 608 valence electrons. The van der Waals surface area contributed by atoms with E-state index >= 15 is 28.8 Å². The monoisotopic (exact) mass is 1700 g/mol. The Kier molecular flexibility index (Phi) is 24.4. The van der Waals surface area contributed by atoms with Crippen molar-refractivity contribution in [3.05, 3.63) is 334 Å². The molecule has 15 rings (SSSR count). The van der Waals surface area contributed by atoms with Gasteiger partial charge >= 0.3 is 23.9 Å². The van der Waals surface area contributed by atoms with Crippen molar-refractivity contribution < 1.29 is 85.8 Å². The van der Waals surface area contributed by atoms with E-state index in [0.717, 1.165) is 9.80 Å². The van der Waals surface area contributed by atoms with Crippen molar-refractivity contribution in [1.82, 2.24) is 9.80 Å².